The number of anilines is 1. The predicted molar refractivity (Wildman–Crippen MR) is 85.3 cm³/mol. The number of hydrogen-bond acceptors (Lipinski definition) is 5. The van der Waals surface area contributed by atoms with Crippen molar-refractivity contribution in [1.82, 2.24) is 15.1 Å². The number of carboxylic acids is 1. The molecule has 0 amide bonds. The van der Waals surface area contributed by atoms with Crippen molar-refractivity contribution in [2.75, 3.05) is 25.0 Å². The fourth-order valence-electron chi connectivity index (χ4n) is 2.88. The number of carbonyl (C=O) groups is 1. The minimum atomic E-state index is -0.794. The Bertz CT molecular complexity index is 694. The minimum absolute atomic E-state index is 0.0746. The van der Waals surface area contributed by atoms with Crippen LogP contribution in [0.2, 0.25) is 5.15 Å². The van der Waals surface area contributed by atoms with Crippen LogP contribution >= 0.6 is 11.6 Å². The number of likely N-dealkylation sites (tertiary alicyclic amines) is 1. The molecule has 2 aromatic rings. The summed E-state index contributed by atoms with van der Waals surface area (Å²) in [5.74, 6) is -0.0976. The van der Waals surface area contributed by atoms with Crippen LogP contribution in [0.4, 0.5) is 5.82 Å². The second kappa shape index (κ2) is 6.46. The zero-order chi connectivity index (χ0) is 15.5. The summed E-state index contributed by atoms with van der Waals surface area (Å²) in [4.78, 5) is 12.8. The molecule has 0 radical (unpaired) electrons. The molecule has 0 aliphatic carbocycles. The Morgan fingerprint density at radius 1 is 1.36 bits per heavy atom. The quantitative estimate of drug-likeness (QED) is 0.899. The Morgan fingerprint density at radius 2 is 2.14 bits per heavy atom. The Balaban J connectivity index is 1.78. The Kier molecular flexibility index (Phi) is 4.40. The van der Waals surface area contributed by atoms with Gasteiger partial charge in [0.15, 0.2) is 11.0 Å². The number of carboxylic acid groups (broad SMARTS) is 1. The SMILES string of the molecule is O=C(O)CN1CCC[C@@H](Nc2nnc(Cl)c3ccccc23)C1. The van der Waals surface area contributed by atoms with Crippen molar-refractivity contribution in [1.29, 1.82) is 0 Å². The molecular weight excluding hydrogens is 304 g/mol. The summed E-state index contributed by atoms with van der Waals surface area (Å²) in [5, 5.41) is 22.6. The maximum Gasteiger partial charge on any atom is 0.317 e. The number of rotatable bonds is 4. The molecule has 1 aromatic carbocycles. The van der Waals surface area contributed by atoms with E-state index in [0.29, 0.717) is 17.5 Å². The highest BCUT2D eigenvalue weighted by atomic mass is 35.5. The largest absolute Gasteiger partial charge is 0.480 e. The predicted octanol–water partition coefficient (Wildman–Crippen LogP) is 2.24. The van der Waals surface area contributed by atoms with Gasteiger partial charge < -0.3 is 10.4 Å². The lowest BCUT2D eigenvalue weighted by Gasteiger charge is -2.32. The average Bonchev–Trinajstić information content (AvgIpc) is 2.50. The second-order valence-electron chi connectivity index (χ2n) is 5.50. The summed E-state index contributed by atoms with van der Waals surface area (Å²) in [5.41, 5.74) is 0. The van der Waals surface area contributed by atoms with E-state index in [1.165, 1.54) is 0 Å². The molecule has 2 heterocycles. The van der Waals surface area contributed by atoms with Crippen molar-refractivity contribution >= 4 is 34.2 Å². The molecule has 0 unspecified atom stereocenters. The number of aromatic nitrogens is 2. The van der Waals surface area contributed by atoms with Gasteiger partial charge in [0.25, 0.3) is 0 Å². The van der Waals surface area contributed by atoms with Crippen molar-refractivity contribution in [2.45, 2.75) is 18.9 Å². The summed E-state index contributed by atoms with van der Waals surface area (Å²) in [7, 11) is 0. The molecule has 1 aromatic heterocycles. The van der Waals surface area contributed by atoms with Gasteiger partial charge in [0.05, 0.1) is 6.54 Å². The topological polar surface area (TPSA) is 78.4 Å². The van der Waals surface area contributed by atoms with Crippen LogP contribution in [0.15, 0.2) is 24.3 Å². The van der Waals surface area contributed by atoms with E-state index in [0.717, 1.165) is 30.2 Å². The van der Waals surface area contributed by atoms with Gasteiger partial charge in [-0.15, -0.1) is 10.2 Å². The monoisotopic (exact) mass is 320 g/mol. The lowest BCUT2D eigenvalue weighted by Crippen LogP contribution is -2.44. The maximum absolute atomic E-state index is 10.8. The summed E-state index contributed by atoms with van der Waals surface area (Å²) >= 11 is 6.08. The molecule has 7 heteroatoms. The summed E-state index contributed by atoms with van der Waals surface area (Å²) in [6.45, 7) is 1.58. The second-order valence-corrected chi connectivity index (χ2v) is 5.86. The fourth-order valence-corrected chi connectivity index (χ4v) is 3.08. The van der Waals surface area contributed by atoms with E-state index in [9.17, 15) is 4.79 Å². The van der Waals surface area contributed by atoms with Gasteiger partial charge in [-0.3, -0.25) is 9.69 Å². The molecule has 0 spiro atoms. The van der Waals surface area contributed by atoms with Gasteiger partial charge in [0.1, 0.15) is 0 Å². The number of aliphatic carboxylic acids is 1. The van der Waals surface area contributed by atoms with E-state index >= 15 is 0 Å². The Labute approximate surface area is 133 Å². The van der Waals surface area contributed by atoms with Crippen LogP contribution in [0.3, 0.4) is 0 Å². The van der Waals surface area contributed by atoms with Crippen LogP contribution in [-0.2, 0) is 4.79 Å². The first-order valence-corrected chi connectivity index (χ1v) is 7.63. The van der Waals surface area contributed by atoms with E-state index in [2.05, 4.69) is 15.5 Å². The highest BCUT2D eigenvalue weighted by Gasteiger charge is 2.22. The molecule has 1 aliphatic heterocycles. The molecule has 1 saturated heterocycles. The van der Waals surface area contributed by atoms with Crippen LogP contribution in [0.5, 0.6) is 0 Å². The molecular formula is C15H17ClN4O2. The lowest BCUT2D eigenvalue weighted by molar-refractivity contribution is -0.138. The smallest absolute Gasteiger partial charge is 0.317 e. The number of halogens is 1. The highest BCUT2D eigenvalue weighted by Crippen LogP contribution is 2.26. The van der Waals surface area contributed by atoms with Gasteiger partial charge in [-0.1, -0.05) is 35.9 Å². The molecule has 116 valence electrons. The molecule has 3 rings (SSSR count). The maximum atomic E-state index is 10.8. The molecule has 6 nitrogen and oxygen atoms in total. The fraction of sp³-hybridized carbons (Fsp3) is 0.400. The number of benzene rings is 1. The zero-order valence-electron chi connectivity index (χ0n) is 12.0. The summed E-state index contributed by atoms with van der Waals surface area (Å²) in [6, 6.07) is 7.87. The van der Waals surface area contributed by atoms with Crippen molar-refractivity contribution in [3.05, 3.63) is 29.4 Å². The van der Waals surface area contributed by atoms with E-state index in [4.69, 9.17) is 16.7 Å². The third kappa shape index (κ3) is 3.28. The van der Waals surface area contributed by atoms with Crippen molar-refractivity contribution in [2.24, 2.45) is 0 Å². The normalized spacial score (nSPS) is 19.2. The molecule has 0 bridgehead atoms. The molecule has 1 atom stereocenters. The average molecular weight is 321 g/mol. The van der Waals surface area contributed by atoms with Crippen LogP contribution < -0.4 is 5.32 Å². The third-order valence-corrected chi connectivity index (χ3v) is 4.13. The number of piperidine rings is 1. The summed E-state index contributed by atoms with van der Waals surface area (Å²) in [6.07, 6.45) is 1.94. The first-order chi connectivity index (χ1) is 10.6. The van der Waals surface area contributed by atoms with Crippen molar-refractivity contribution in [3.63, 3.8) is 0 Å². The zero-order valence-corrected chi connectivity index (χ0v) is 12.8. The number of nitrogens with one attached hydrogen (secondary N) is 1. The van der Waals surface area contributed by atoms with Crippen LogP contribution in [0.25, 0.3) is 10.8 Å². The van der Waals surface area contributed by atoms with Crippen LogP contribution in [0, 0.1) is 0 Å². The number of nitrogens with zero attached hydrogens (tertiary/aromatic N) is 3. The third-order valence-electron chi connectivity index (χ3n) is 3.85. The standard InChI is InChI=1S/C15H17ClN4O2/c16-14-11-5-1-2-6-12(11)15(19-18-14)17-10-4-3-7-20(8-10)9-13(21)22/h1-2,5-6,10H,3-4,7-9H2,(H,17,19)(H,21,22)/t10-/m1/s1. The summed E-state index contributed by atoms with van der Waals surface area (Å²) < 4.78 is 0. The lowest BCUT2D eigenvalue weighted by atomic mass is 10.1. The Hall–Kier alpha value is -1.92. The van der Waals surface area contributed by atoms with Gasteiger partial charge in [-0.2, -0.15) is 0 Å². The van der Waals surface area contributed by atoms with Gasteiger partial charge >= 0.3 is 5.97 Å². The van der Waals surface area contributed by atoms with E-state index in [1.807, 2.05) is 29.2 Å². The van der Waals surface area contributed by atoms with Gasteiger partial charge in [0, 0.05) is 23.4 Å². The van der Waals surface area contributed by atoms with Crippen molar-refractivity contribution < 1.29 is 9.90 Å². The van der Waals surface area contributed by atoms with E-state index in [1.54, 1.807) is 0 Å². The molecule has 2 N–H and O–H groups in total. The highest BCUT2D eigenvalue weighted by molar-refractivity contribution is 6.34. The molecule has 0 saturated carbocycles. The molecule has 22 heavy (non-hydrogen) atoms. The number of fused-ring (bicyclic) bond motifs is 1. The molecule has 1 fully saturated rings. The van der Waals surface area contributed by atoms with Gasteiger partial charge in [-0.05, 0) is 19.4 Å². The van der Waals surface area contributed by atoms with Gasteiger partial charge in [0.2, 0.25) is 0 Å². The Morgan fingerprint density at radius 3 is 2.91 bits per heavy atom. The van der Waals surface area contributed by atoms with E-state index in [-0.39, 0.29) is 12.6 Å². The van der Waals surface area contributed by atoms with E-state index < -0.39 is 5.97 Å². The van der Waals surface area contributed by atoms with Crippen LogP contribution in [0.1, 0.15) is 12.8 Å². The first kappa shape index (κ1) is 15.0. The molecule has 1 aliphatic rings. The van der Waals surface area contributed by atoms with Gasteiger partial charge in [-0.25, -0.2) is 0 Å². The van der Waals surface area contributed by atoms with Crippen molar-refractivity contribution in [3.8, 4) is 0 Å². The first-order valence-electron chi connectivity index (χ1n) is 7.25. The number of hydrogen-bond donors (Lipinski definition) is 2. The minimum Gasteiger partial charge on any atom is -0.480 e. The van der Waals surface area contributed by atoms with Crippen LogP contribution in [-0.4, -0.2) is 51.8 Å².